The number of hydrogen-bond donors (Lipinski definition) is 17. The fraction of sp³-hybridized carbons (Fsp3) is 0.931. The van der Waals surface area contributed by atoms with Crippen molar-refractivity contribution < 1.29 is 144 Å². The normalized spacial score (nSPS) is 54.8. The molecule has 5 aliphatic heterocycles. The number of carbonyl (C=O) groups excluding carboxylic acids is 1. The Morgan fingerprint density at radius 1 is 0.529 bits per heavy atom. The van der Waals surface area contributed by atoms with Crippen molar-refractivity contribution in [3.63, 3.8) is 0 Å². The highest BCUT2D eigenvalue weighted by Gasteiger charge is 2.74. The van der Waals surface area contributed by atoms with Crippen LogP contribution >= 0.6 is 0 Å². The van der Waals surface area contributed by atoms with Gasteiger partial charge in [-0.2, -0.15) is 0 Å². The predicted octanol–water partition coefficient (Wildman–Crippen LogP) is -4.90. The summed E-state index contributed by atoms with van der Waals surface area (Å²) >= 11 is 0. The monoisotopic (exact) mass is 1250 g/mol. The summed E-state index contributed by atoms with van der Waals surface area (Å²) in [5.74, 6) is -4.00. The Labute approximate surface area is 502 Å². The summed E-state index contributed by atoms with van der Waals surface area (Å²) < 4.78 is 58.8. The van der Waals surface area contributed by atoms with E-state index < -0.39 is 237 Å². The molecule has 0 bridgehead atoms. The molecule has 10 rings (SSSR count). The Hall–Kier alpha value is -2.32. The summed E-state index contributed by atoms with van der Waals surface area (Å²) in [5, 5.41) is 187. The molecule has 498 valence electrons. The highest BCUT2D eigenvalue weighted by molar-refractivity contribution is 5.80. The van der Waals surface area contributed by atoms with Gasteiger partial charge in [-0.15, -0.1) is 0 Å². The standard InChI is InChI=1S/C58H92O29/c1-21-32(65)42(83-46-38(71)34(67)26(18-60)80-46)40(73)48(78-21)85-44-36(69)28(20-62)82-50(44)87-52(77)58-13-12-53(2,3)14-23(58)22-8-9-29-54(4)15-24(63)45(57(7,51(75)76)30(54)10-11-55(29,5)56(22,6)16-31(58)64)86-49-41(74)43(35(68)27(19-61)81-49)84-47-39(72)37(70)33(66)25(17-59)79-47/h8,21,23-50,59-74H,9-20H2,1-7H3,(H,75,76)/t21-,23-,24-,25+,26-,27+,28+,29+,30+,31+,32-,33+,34-,35+,36+,37-,38+,39+,40+,41+,42+,43-,44-,45-,46-,47-,48-,49-,50+,54+,55+,56+,57-,58+/m0/s1. The molecular weight excluding hydrogens is 1160 g/mol. The lowest BCUT2D eigenvalue weighted by molar-refractivity contribution is -0.373. The Bertz CT molecular complexity index is 2490. The maximum absolute atomic E-state index is 15.5. The summed E-state index contributed by atoms with van der Waals surface area (Å²) in [6, 6.07) is 0. The first-order valence-electron chi connectivity index (χ1n) is 30.4. The molecule has 0 amide bonds. The molecule has 34 atom stereocenters. The van der Waals surface area contributed by atoms with Gasteiger partial charge in [0, 0.05) is 0 Å². The van der Waals surface area contributed by atoms with Crippen molar-refractivity contribution in [2.75, 3.05) is 26.4 Å². The molecule has 10 aliphatic rings. The van der Waals surface area contributed by atoms with E-state index in [0.717, 1.165) is 5.57 Å². The van der Waals surface area contributed by atoms with Crippen molar-refractivity contribution in [2.45, 2.75) is 259 Å². The zero-order valence-corrected chi connectivity index (χ0v) is 49.8. The summed E-state index contributed by atoms with van der Waals surface area (Å²) in [6.07, 6.45) is -39.1. The maximum atomic E-state index is 15.5. The highest BCUT2D eigenvalue weighted by Crippen LogP contribution is 2.76. The topological polar surface area (TPSA) is 470 Å². The van der Waals surface area contributed by atoms with Gasteiger partial charge in [0.1, 0.15) is 109 Å². The van der Waals surface area contributed by atoms with E-state index in [1.807, 2.05) is 6.92 Å². The van der Waals surface area contributed by atoms with Crippen LogP contribution in [0.25, 0.3) is 0 Å². The van der Waals surface area contributed by atoms with Crippen molar-refractivity contribution in [1.29, 1.82) is 0 Å². The average Bonchev–Trinajstić information content (AvgIpc) is 1.07. The number of carboxylic acid groups (broad SMARTS) is 1. The summed E-state index contributed by atoms with van der Waals surface area (Å²) in [5.41, 5.74) is -5.63. The van der Waals surface area contributed by atoms with E-state index in [4.69, 9.17) is 47.4 Å². The second-order valence-electron chi connectivity index (χ2n) is 28.1. The molecule has 5 saturated heterocycles. The third-order valence-corrected chi connectivity index (χ3v) is 22.9. The molecule has 0 aromatic carbocycles. The van der Waals surface area contributed by atoms with Crippen LogP contribution in [0.5, 0.6) is 0 Å². The van der Waals surface area contributed by atoms with Gasteiger partial charge in [0.15, 0.2) is 31.3 Å². The fourth-order valence-corrected chi connectivity index (χ4v) is 17.7. The third-order valence-electron chi connectivity index (χ3n) is 22.9. The minimum Gasteiger partial charge on any atom is -0.481 e. The molecule has 87 heavy (non-hydrogen) atoms. The van der Waals surface area contributed by atoms with Crippen LogP contribution < -0.4 is 0 Å². The minimum atomic E-state index is -2.02. The molecule has 0 unspecified atom stereocenters. The quantitative estimate of drug-likeness (QED) is 0.0415. The number of rotatable bonds is 15. The minimum absolute atomic E-state index is 0.0246. The van der Waals surface area contributed by atoms with Gasteiger partial charge in [-0.3, -0.25) is 9.59 Å². The van der Waals surface area contributed by atoms with Gasteiger partial charge in [0.05, 0.1) is 50.2 Å². The first-order valence-corrected chi connectivity index (χ1v) is 30.4. The first-order chi connectivity index (χ1) is 40.7. The molecule has 0 aromatic rings. The van der Waals surface area contributed by atoms with Crippen LogP contribution in [0.1, 0.15) is 99.8 Å². The Balaban J connectivity index is 0.902. The second kappa shape index (κ2) is 24.5. The van der Waals surface area contributed by atoms with Crippen molar-refractivity contribution in [2.24, 2.45) is 50.2 Å². The number of carboxylic acids is 1. The molecule has 0 spiro atoms. The summed E-state index contributed by atoms with van der Waals surface area (Å²) in [6.45, 7) is 9.94. The molecular formula is C58H92O29. The molecule has 29 nitrogen and oxygen atoms in total. The Kier molecular flexibility index (Phi) is 19.1. The van der Waals surface area contributed by atoms with E-state index in [-0.39, 0.29) is 37.0 Å². The average molecular weight is 1250 g/mol. The zero-order chi connectivity index (χ0) is 63.7. The number of aliphatic hydroxyl groups is 16. The van der Waals surface area contributed by atoms with Crippen LogP contribution in [0.4, 0.5) is 0 Å². The van der Waals surface area contributed by atoms with E-state index >= 15 is 4.79 Å². The number of carbonyl (C=O) groups is 2. The van der Waals surface area contributed by atoms with Crippen LogP contribution in [0.3, 0.4) is 0 Å². The van der Waals surface area contributed by atoms with Gasteiger partial charge in [0.25, 0.3) is 0 Å². The number of aliphatic hydroxyl groups excluding tert-OH is 16. The largest absolute Gasteiger partial charge is 0.481 e. The van der Waals surface area contributed by atoms with Crippen LogP contribution in [-0.2, 0) is 57.0 Å². The highest BCUT2D eigenvalue weighted by atomic mass is 16.8. The first kappa shape index (κ1) is 67.6. The second-order valence-corrected chi connectivity index (χ2v) is 28.1. The van der Waals surface area contributed by atoms with E-state index in [9.17, 15) is 91.6 Å². The summed E-state index contributed by atoms with van der Waals surface area (Å²) in [4.78, 5) is 29.5. The predicted molar refractivity (Wildman–Crippen MR) is 287 cm³/mol. The lowest BCUT2D eigenvalue weighted by Gasteiger charge is -2.71. The van der Waals surface area contributed by atoms with Crippen molar-refractivity contribution >= 4 is 11.9 Å². The van der Waals surface area contributed by atoms with Crippen molar-refractivity contribution in [3.05, 3.63) is 11.6 Å². The number of ether oxygens (including phenoxy) is 10. The van der Waals surface area contributed by atoms with Gasteiger partial charge in [-0.25, -0.2) is 0 Å². The zero-order valence-electron chi connectivity index (χ0n) is 49.8. The van der Waals surface area contributed by atoms with Crippen molar-refractivity contribution in [1.82, 2.24) is 0 Å². The molecule has 0 aromatic heterocycles. The Morgan fingerprint density at radius 2 is 1.01 bits per heavy atom. The lowest BCUT2D eigenvalue weighted by Crippen LogP contribution is -2.71. The van der Waals surface area contributed by atoms with E-state index in [0.29, 0.717) is 25.7 Å². The van der Waals surface area contributed by atoms with Crippen LogP contribution in [0.15, 0.2) is 11.6 Å². The van der Waals surface area contributed by atoms with E-state index in [1.54, 1.807) is 0 Å². The molecule has 17 N–H and O–H groups in total. The van der Waals surface area contributed by atoms with Crippen molar-refractivity contribution in [3.8, 4) is 0 Å². The SMILES string of the molecule is C[C@@H]1O[C@@H](O[C@@H]2[C@@H](OC(=O)[C@]34CCC(C)(C)C[C@H]3C3=CC[C@@H]5[C@@]6(C)C[C@H](O)[C@H](O[C@@H]7O[C@H](CO)[C@@H](O)[C@H](O[C@@H]8O[C@H](CO)[C@@H](O)[C@H](O)[C@H]8O)[C@H]7O)[C@@](C)(C(=O)O)[C@@H]6CC[C@@]5(C)[C@]3(C)C[C@H]4O)O[C@H](CO)[C@H]2O)[C@H](O)[C@H](O[C@@H]2O[C@@H](CO)[C@H](O)[C@H]2O)[C@H]1O. The molecule has 0 radical (unpaired) electrons. The smallest absolute Gasteiger partial charge is 0.317 e. The van der Waals surface area contributed by atoms with Gasteiger partial charge in [-0.05, 0) is 105 Å². The maximum Gasteiger partial charge on any atom is 0.317 e. The van der Waals surface area contributed by atoms with Crippen LogP contribution in [-0.4, -0.2) is 285 Å². The molecule has 29 heteroatoms. The lowest BCUT2D eigenvalue weighted by atomic mass is 9.33. The number of esters is 1. The van der Waals surface area contributed by atoms with Crippen LogP contribution in [0, 0.1) is 50.2 Å². The molecule has 5 aliphatic carbocycles. The molecule has 5 heterocycles. The number of hydrogen-bond acceptors (Lipinski definition) is 28. The number of fused-ring (bicyclic) bond motifs is 7. The van der Waals surface area contributed by atoms with E-state index in [1.165, 1.54) is 13.8 Å². The van der Waals surface area contributed by atoms with E-state index in [2.05, 4.69) is 33.8 Å². The Morgan fingerprint density at radius 3 is 1.57 bits per heavy atom. The molecule has 4 saturated carbocycles. The fourth-order valence-electron chi connectivity index (χ4n) is 17.7. The van der Waals surface area contributed by atoms with Gasteiger partial charge >= 0.3 is 11.9 Å². The van der Waals surface area contributed by atoms with Crippen LogP contribution in [0.2, 0.25) is 0 Å². The van der Waals surface area contributed by atoms with Gasteiger partial charge in [0.2, 0.25) is 6.29 Å². The van der Waals surface area contributed by atoms with Gasteiger partial charge in [-0.1, -0.05) is 46.3 Å². The number of allylic oxidation sites excluding steroid dienone is 2. The molecule has 9 fully saturated rings. The summed E-state index contributed by atoms with van der Waals surface area (Å²) in [7, 11) is 0. The number of aliphatic carboxylic acids is 1. The van der Waals surface area contributed by atoms with Gasteiger partial charge < -0.3 is 134 Å². The third kappa shape index (κ3) is 10.8.